The number of rotatable bonds is 6. The summed E-state index contributed by atoms with van der Waals surface area (Å²) in [5.41, 5.74) is 7.45. The van der Waals surface area contributed by atoms with Gasteiger partial charge in [0.15, 0.2) is 0 Å². The van der Waals surface area contributed by atoms with Crippen molar-refractivity contribution < 1.29 is 4.79 Å². The van der Waals surface area contributed by atoms with Crippen molar-refractivity contribution in [3.05, 3.63) is 35.4 Å². The summed E-state index contributed by atoms with van der Waals surface area (Å²) < 4.78 is 0. The maximum Gasteiger partial charge on any atom is 0.254 e. The first-order chi connectivity index (χ1) is 8.60. The van der Waals surface area contributed by atoms with E-state index in [4.69, 9.17) is 5.73 Å². The lowest BCUT2D eigenvalue weighted by molar-refractivity contribution is 0.0706. The van der Waals surface area contributed by atoms with Crippen LogP contribution in [-0.2, 0) is 6.42 Å². The predicted octanol–water partition coefficient (Wildman–Crippen LogP) is 2.45. The van der Waals surface area contributed by atoms with Crippen molar-refractivity contribution in [2.45, 2.75) is 39.7 Å². The van der Waals surface area contributed by atoms with Gasteiger partial charge < -0.3 is 10.6 Å². The minimum Gasteiger partial charge on any atom is -0.336 e. The Balaban J connectivity index is 2.81. The molecule has 0 atom stereocenters. The second kappa shape index (κ2) is 7.17. The number of nitrogens with zero attached hydrogens (tertiary/aromatic N) is 1. The summed E-state index contributed by atoms with van der Waals surface area (Å²) in [6.45, 7) is 7.64. The molecule has 0 heterocycles. The van der Waals surface area contributed by atoms with Crippen LogP contribution in [0.25, 0.3) is 0 Å². The lowest BCUT2D eigenvalue weighted by atomic mass is 10.1. The third kappa shape index (κ3) is 3.84. The van der Waals surface area contributed by atoms with E-state index in [0.717, 1.165) is 24.9 Å². The molecule has 1 aromatic rings. The van der Waals surface area contributed by atoms with E-state index in [1.165, 1.54) is 5.56 Å². The zero-order chi connectivity index (χ0) is 13.5. The van der Waals surface area contributed by atoms with Gasteiger partial charge in [-0.25, -0.2) is 0 Å². The van der Waals surface area contributed by atoms with Gasteiger partial charge in [0.2, 0.25) is 0 Å². The van der Waals surface area contributed by atoms with Gasteiger partial charge in [-0.15, -0.1) is 0 Å². The average molecular weight is 248 g/mol. The van der Waals surface area contributed by atoms with Crippen molar-refractivity contribution in [3.8, 4) is 0 Å². The predicted molar refractivity (Wildman–Crippen MR) is 75.7 cm³/mol. The third-order valence-corrected chi connectivity index (χ3v) is 2.98. The molecule has 0 aliphatic carbocycles. The van der Waals surface area contributed by atoms with Crippen molar-refractivity contribution in [2.24, 2.45) is 5.73 Å². The molecule has 3 nitrogen and oxygen atoms in total. The van der Waals surface area contributed by atoms with Crippen molar-refractivity contribution >= 4 is 5.91 Å². The smallest absolute Gasteiger partial charge is 0.254 e. The summed E-state index contributed by atoms with van der Waals surface area (Å²) in [7, 11) is 0. The van der Waals surface area contributed by atoms with Gasteiger partial charge in [0.05, 0.1) is 0 Å². The van der Waals surface area contributed by atoms with E-state index in [-0.39, 0.29) is 11.9 Å². The maximum atomic E-state index is 12.3. The molecule has 0 aliphatic heterocycles. The van der Waals surface area contributed by atoms with Crippen LogP contribution in [0.5, 0.6) is 0 Å². The fourth-order valence-electron chi connectivity index (χ4n) is 1.98. The lowest BCUT2D eigenvalue weighted by Crippen LogP contribution is -2.37. The molecule has 0 saturated carbocycles. The molecule has 0 spiro atoms. The van der Waals surface area contributed by atoms with Gasteiger partial charge in [0.25, 0.3) is 5.91 Å². The Morgan fingerprint density at radius 1 is 1.28 bits per heavy atom. The third-order valence-electron chi connectivity index (χ3n) is 2.98. The van der Waals surface area contributed by atoms with Gasteiger partial charge in [-0.1, -0.05) is 19.1 Å². The fraction of sp³-hybridized carbons (Fsp3) is 0.533. The maximum absolute atomic E-state index is 12.3. The van der Waals surface area contributed by atoms with E-state index < -0.39 is 0 Å². The fourth-order valence-corrected chi connectivity index (χ4v) is 1.98. The van der Waals surface area contributed by atoms with E-state index in [9.17, 15) is 4.79 Å². The average Bonchev–Trinajstić information content (AvgIpc) is 2.36. The number of carbonyl (C=O) groups excluding carboxylic acids is 1. The molecule has 0 fully saturated rings. The molecule has 0 unspecified atom stereocenters. The van der Waals surface area contributed by atoms with Crippen LogP contribution in [0.2, 0.25) is 0 Å². The lowest BCUT2D eigenvalue weighted by Gasteiger charge is -2.26. The van der Waals surface area contributed by atoms with E-state index in [2.05, 4.69) is 20.8 Å². The van der Waals surface area contributed by atoms with E-state index >= 15 is 0 Å². The summed E-state index contributed by atoms with van der Waals surface area (Å²) in [6, 6.07) is 8.02. The van der Waals surface area contributed by atoms with Crippen LogP contribution in [0, 0.1) is 0 Å². The molecule has 3 heteroatoms. The molecule has 18 heavy (non-hydrogen) atoms. The highest BCUT2D eigenvalue weighted by atomic mass is 16.2. The summed E-state index contributed by atoms with van der Waals surface area (Å²) in [5, 5.41) is 0. The van der Waals surface area contributed by atoms with E-state index in [1.807, 2.05) is 29.2 Å². The Bertz CT molecular complexity index is 371. The van der Waals surface area contributed by atoms with Gasteiger partial charge in [-0.3, -0.25) is 4.79 Å². The molecule has 1 amide bonds. The van der Waals surface area contributed by atoms with Crippen LogP contribution in [0.15, 0.2) is 24.3 Å². The molecular weight excluding hydrogens is 224 g/mol. The summed E-state index contributed by atoms with van der Waals surface area (Å²) >= 11 is 0. The van der Waals surface area contributed by atoms with Gasteiger partial charge in [0.1, 0.15) is 0 Å². The molecule has 1 rings (SSSR count). The minimum absolute atomic E-state index is 0.117. The Morgan fingerprint density at radius 2 is 1.89 bits per heavy atom. The Labute approximate surface area is 110 Å². The summed E-state index contributed by atoms with van der Waals surface area (Å²) in [4.78, 5) is 14.3. The van der Waals surface area contributed by atoms with Crippen molar-refractivity contribution in [3.63, 3.8) is 0 Å². The number of hydrogen-bond donors (Lipinski definition) is 1. The zero-order valence-electron chi connectivity index (χ0n) is 11.6. The molecular formula is C15H24N2O. The molecule has 1 aromatic carbocycles. The molecule has 0 bridgehead atoms. The van der Waals surface area contributed by atoms with Gasteiger partial charge >= 0.3 is 0 Å². The zero-order valence-corrected chi connectivity index (χ0v) is 11.6. The summed E-state index contributed by atoms with van der Waals surface area (Å²) in [6.07, 6.45) is 1.84. The molecule has 0 radical (unpaired) electrons. The molecule has 0 saturated heterocycles. The van der Waals surface area contributed by atoms with Crippen LogP contribution in [0.4, 0.5) is 0 Å². The molecule has 100 valence electrons. The number of nitrogens with two attached hydrogens (primary N) is 1. The van der Waals surface area contributed by atoms with Crippen LogP contribution in [-0.4, -0.2) is 29.9 Å². The largest absolute Gasteiger partial charge is 0.336 e. The molecule has 0 aromatic heterocycles. The highest BCUT2D eigenvalue weighted by molar-refractivity contribution is 5.94. The Kier molecular flexibility index (Phi) is 5.86. The number of hydrogen-bond acceptors (Lipinski definition) is 2. The monoisotopic (exact) mass is 248 g/mol. The van der Waals surface area contributed by atoms with Gasteiger partial charge in [-0.05, 0) is 50.9 Å². The molecule has 0 aliphatic rings. The van der Waals surface area contributed by atoms with Crippen molar-refractivity contribution in [2.75, 3.05) is 13.1 Å². The van der Waals surface area contributed by atoms with Crippen LogP contribution in [0.3, 0.4) is 0 Å². The van der Waals surface area contributed by atoms with Gasteiger partial charge in [-0.2, -0.15) is 0 Å². The van der Waals surface area contributed by atoms with Crippen LogP contribution >= 0.6 is 0 Å². The van der Waals surface area contributed by atoms with Crippen LogP contribution in [0.1, 0.15) is 43.1 Å². The first-order valence-corrected chi connectivity index (χ1v) is 6.70. The quantitative estimate of drug-likeness (QED) is 0.840. The second-order valence-corrected chi connectivity index (χ2v) is 4.83. The SMILES string of the molecule is CCCN(C(=O)c1ccc(CCN)cc1)C(C)C. The van der Waals surface area contributed by atoms with Gasteiger partial charge in [0, 0.05) is 18.2 Å². The number of carbonyl (C=O) groups is 1. The minimum atomic E-state index is 0.117. The number of amides is 1. The standard InChI is InChI=1S/C15H24N2O/c1-4-11-17(12(2)3)15(18)14-7-5-13(6-8-14)9-10-16/h5-8,12H,4,9-11,16H2,1-3H3. The van der Waals surface area contributed by atoms with Crippen molar-refractivity contribution in [1.29, 1.82) is 0 Å². The Hall–Kier alpha value is -1.35. The van der Waals surface area contributed by atoms with E-state index in [1.54, 1.807) is 0 Å². The van der Waals surface area contributed by atoms with Crippen molar-refractivity contribution in [1.82, 2.24) is 4.90 Å². The summed E-state index contributed by atoms with van der Waals surface area (Å²) in [5.74, 6) is 0.117. The first kappa shape index (κ1) is 14.7. The van der Waals surface area contributed by atoms with Crippen LogP contribution < -0.4 is 5.73 Å². The number of benzene rings is 1. The highest BCUT2D eigenvalue weighted by Crippen LogP contribution is 2.11. The Morgan fingerprint density at radius 3 is 2.33 bits per heavy atom. The molecule has 2 N–H and O–H groups in total. The normalized spacial score (nSPS) is 10.7. The van der Waals surface area contributed by atoms with E-state index in [0.29, 0.717) is 6.54 Å². The first-order valence-electron chi connectivity index (χ1n) is 6.70. The second-order valence-electron chi connectivity index (χ2n) is 4.83. The topological polar surface area (TPSA) is 46.3 Å². The highest BCUT2D eigenvalue weighted by Gasteiger charge is 2.17.